The van der Waals surface area contributed by atoms with Gasteiger partial charge in [-0.15, -0.1) is 0 Å². The minimum Gasteiger partial charge on any atom is -0.303 e. The van der Waals surface area contributed by atoms with Crippen LogP contribution < -0.4 is 10.4 Å². The first-order chi connectivity index (χ1) is 5.47. The molecule has 0 saturated carbocycles. The SMILES string of the molecule is C1=CNN(c2ncccn2)C1. The molecule has 1 N–H and O–H groups in total. The molecule has 0 unspecified atom stereocenters. The van der Waals surface area contributed by atoms with Crippen molar-refractivity contribution in [2.24, 2.45) is 0 Å². The first kappa shape index (κ1) is 6.15. The molecule has 0 fully saturated rings. The van der Waals surface area contributed by atoms with Crippen molar-refractivity contribution in [3.8, 4) is 0 Å². The lowest BCUT2D eigenvalue weighted by atomic mass is 10.6. The van der Waals surface area contributed by atoms with Gasteiger partial charge in [0, 0.05) is 18.6 Å². The van der Waals surface area contributed by atoms with E-state index in [1.807, 2.05) is 17.3 Å². The molecule has 1 aromatic heterocycles. The Morgan fingerprint density at radius 2 is 2.18 bits per heavy atom. The second-order valence-corrected chi connectivity index (χ2v) is 2.19. The van der Waals surface area contributed by atoms with Crippen molar-refractivity contribution in [2.75, 3.05) is 11.6 Å². The van der Waals surface area contributed by atoms with Crippen LogP contribution in [0.2, 0.25) is 0 Å². The fourth-order valence-electron chi connectivity index (χ4n) is 0.923. The van der Waals surface area contributed by atoms with Crippen molar-refractivity contribution >= 4 is 5.95 Å². The molecule has 2 heterocycles. The van der Waals surface area contributed by atoms with E-state index in [-0.39, 0.29) is 0 Å². The summed E-state index contributed by atoms with van der Waals surface area (Å²) in [4.78, 5) is 8.15. The van der Waals surface area contributed by atoms with E-state index in [0.717, 1.165) is 6.54 Å². The summed E-state index contributed by atoms with van der Waals surface area (Å²) in [6.07, 6.45) is 7.33. The molecule has 1 aliphatic rings. The normalized spacial score (nSPS) is 15.1. The van der Waals surface area contributed by atoms with Crippen LogP contribution in [0, 0.1) is 0 Å². The highest BCUT2D eigenvalue weighted by atomic mass is 15.5. The molecule has 11 heavy (non-hydrogen) atoms. The molecule has 4 nitrogen and oxygen atoms in total. The lowest BCUT2D eigenvalue weighted by molar-refractivity contribution is 0.796. The molecule has 0 saturated heterocycles. The molecular weight excluding hydrogens is 140 g/mol. The number of hydrogen-bond acceptors (Lipinski definition) is 4. The third kappa shape index (κ3) is 1.14. The third-order valence-electron chi connectivity index (χ3n) is 1.43. The van der Waals surface area contributed by atoms with Gasteiger partial charge in [0.15, 0.2) is 0 Å². The van der Waals surface area contributed by atoms with Gasteiger partial charge in [-0.1, -0.05) is 0 Å². The number of rotatable bonds is 1. The monoisotopic (exact) mass is 148 g/mol. The minimum absolute atomic E-state index is 0.706. The van der Waals surface area contributed by atoms with Gasteiger partial charge in [0.1, 0.15) is 0 Å². The van der Waals surface area contributed by atoms with Gasteiger partial charge < -0.3 is 5.43 Å². The first-order valence-electron chi connectivity index (χ1n) is 3.42. The largest absolute Gasteiger partial charge is 0.303 e. The van der Waals surface area contributed by atoms with E-state index in [1.165, 1.54) is 0 Å². The second kappa shape index (κ2) is 2.57. The van der Waals surface area contributed by atoms with E-state index in [2.05, 4.69) is 15.4 Å². The summed E-state index contributed by atoms with van der Waals surface area (Å²) in [6, 6.07) is 1.80. The zero-order valence-electron chi connectivity index (χ0n) is 5.94. The Morgan fingerprint density at radius 1 is 1.36 bits per heavy atom. The number of nitrogens with one attached hydrogen (secondary N) is 1. The molecular formula is C7H8N4. The summed E-state index contributed by atoms with van der Waals surface area (Å²) in [5.41, 5.74) is 3.00. The maximum Gasteiger partial charge on any atom is 0.244 e. The van der Waals surface area contributed by atoms with Gasteiger partial charge in [-0.2, -0.15) is 0 Å². The third-order valence-corrected chi connectivity index (χ3v) is 1.43. The molecule has 1 aromatic rings. The van der Waals surface area contributed by atoms with Crippen molar-refractivity contribution in [1.29, 1.82) is 0 Å². The predicted octanol–water partition coefficient (Wildman–Crippen LogP) is 0.315. The Labute approximate surface area is 64.5 Å². The van der Waals surface area contributed by atoms with E-state index in [4.69, 9.17) is 0 Å². The summed E-state index contributed by atoms with van der Waals surface area (Å²) in [7, 11) is 0. The zero-order valence-corrected chi connectivity index (χ0v) is 5.94. The highest BCUT2D eigenvalue weighted by molar-refractivity contribution is 5.30. The maximum absolute atomic E-state index is 4.07. The van der Waals surface area contributed by atoms with Crippen LogP contribution in [0.5, 0.6) is 0 Å². The first-order valence-corrected chi connectivity index (χ1v) is 3.42. The van der Waals surface area contributed by atoms with E-state index >= 15 is 0 Å². The number of nitrogens with zero attached hydrogens (tertiary/aromatic N) is 3. The summed E-state index contributed by atoms with van der Waals surface area (Å²) in [5, 5.41) is 1.86. The average Bonchev–Trinajstić information content (AvgIpc) is 2.58. The van der Waals surface area contributed by atoms with Crippen molar-refractivity contribution < 1.29 is 0 Å². The molecule has 0 aliphatic carbocycles. The van der Waals surface area contributed by atoms with Crippen LogP contribution in [0.15, 0.2) is 30.7 Å². The number of hydrazine groups is 1. The van der Waals surface area contributed by atoms with E-state index < -0.39 is 0 Å². The quantitative estimate of drug-likeness (QED) is 0.622. The van der Waals surface area contributed by atoms with E-state index in [0.29, 0.717) is 5.95 Å². The summed E-state index contributed by atoms with van der Waals surface area (Å²) < 4.78 is 0. The minimum atomic E-state index is 0.706. The molecule has 0 radical (unpaired) electrons. The average molecular weight is 148 g/mol. The Hall–Kier alpha value is -1.58. The van der Waals surface area contributed by atoms with E-state index in [1.54, 1.807) is 18.5 Å². The van der Waals surface area contributed by atoms with Gasteiger partial charge >= 0.3 is 0 Å². The Balaban J connectivity index is 2.17. The van der Waals surface area contributed by atoms with Gasteiger partial charge in [-0.3, -0.25) is 5.01 Å². The molecule has 1 aliphatic heterocycles. The van der Waals surface area contributed by atoms with Crippen LogP contribution in [-0.2, 0) is 0 Å². The summed E-state index contributed by atoms with van der Waals surface area (Å²) in [6.45, 7) is 0.823. The van der Waals surface area contributed by atoms with Crippen LogP contribution in [-0.4, -0.2) is 16.5 Å². The fraction of sp³-hybridized carbons (Fsp3) is 0.143. The predicted molar refractivity (Wildman–Crippen MR) is 41.7 cm³/mol. The van der Waals surface area contributed by atoms with Crippen LogP contribution in [0.25, 0.3) is 0 Å². The number of anilines is 1. The molecule has 0 bridgehead atoms. The second-order valence-electron chi connectivity index (χ2n) is 2.19. The molecule has 4 heteroatoms. The molecule has 0 aromatic carbocycles. The highest BCUT2D eigenvalue weighted by Gasteiger charge is 2.07. The fourth-order valence-corrected chi connectivity index (χ4v) is 0.923. The van der Waals surface area contributed by atoms with E-state index in [9.17, 15) is 0 Å². The topological polar surface area (TPSA) is 41.0 Å². The number of hydrogen-bond donors (Lipinski definition) is 1. The molecule has 0 spiro atoms. The van der Waals surface area contributed by atoms with Crippen LogP contribution >= 0.6 is 0 Å². The van der Waals surface area contributed by atoms with Crippen molar-refractivity contribution in [1.82, 2.24) is 15.4 Å². The van der Waals surface area contributed by atoms with Crippen LogP contribution in [0.1, 0.15) is 0 Å². The van der Waals surface area contributed by atoms with Gasteiger partial charge in [-0.05, 0) is 12.1 Å². The smallest absolute Gasteiger partial charge is 0.244 e. The van der Waals surface area contributed by atoms with Crippen LogP contribution in [0.3, 0.4) is 0 Å². The van der Waals surface area contributed by atoms with Crippen LogP contribution in [0.4, 0.5) is 5.95 Å². The Kier molecular flexibility index (Phi) is 1.44. The highest BCUT2D eigenvalue weighted by Crippen LogP contribution is 2.04. The van der Waals surface area contributed by atoms with Gasteiger partial charge in [0.25, 0.3) is 0 Å². The Bertz CT molecular complexity index is 248. The lowest BCUT2D eigenvalue weighted by Crippen LogP contribution is -2.30. The molecule has 2 rings (SSSR count). The van der Waals surface area contributed by atoms with Gasteiger partial charge in [-0.25, -0.2) is 9.97 Å². The van der Waals surface area contributed by atoms with Crippen molar-refractivity contribution in [3.05, 3.63) is 30.7 Å². The molecule has 0 atom stereocenters. The maximum atomic E-state index is 4.07. The Morgan fingerprint density at radius 3 is 2.82 bits per heavy atom. The molecule has 56 valence electrons. The van der Waals surface area contributed by atoms with Crippen molar-refractivity contribution in [2.45, 2.75) is 0 Å². The summed E-state index contributed by atoms with van der Waals surface area (Å²) in [5.74, 6) is 0.706. The van der Waals surface area contributed by atoms with Gasteiger partial charge in [0.05, 0.1) is 6.54 Å². The summed E-state index contributed by atoms with van der Waals surface area (Å²) >= 11 is 0. The lowest BCUT2D eigenvalue weighted by Gasteiger charge is -2.14. The number of aromatic nitrogens is 2. The van der Waals surface area contributed by atoms with Gasteiger partial charge in [0.2, 0.25) is 5.95 Å². The molecule has 0 amide bonds. The standard InChI is InChI=1S/C7H8N4/c1-3-8-7(9-4-1)11-6-2-5-10-11/h1-5,10H,6H2. The zero-order chi connectivity index (χ0) is 7.52. The van der Waals surface area contributed by atoms with Crippen molar-refractivity contribution in [3.63, 3.8) is 0 Å².